The fourth-order valence-corrected chi connectivity index (χ4v) is 3.29. The molecule has 10 heteroatoms. The average molecular weight is 439 g/mol. The summed E-state index contributed by atoms with van der Waals surface area (Å²) < 4.78 is 5.11. The first-order chi connectivity index (χ1) is 15.2. The number of ether oxygens (including phenoxy) is 1. The SMILES string of the molecule is COc1ccc(C2(C)NC(=O)N(NC(=O)CN(C)CC(=O)Nc3ccccc3)C2=O)cc1. The third kappa shape index (κ3) is 5.03. The van der Waals surface area contributed by atoms with Crippen LogP contribution < -0.4 is 20.8 Å². The molecule has 168 valence electrons. The van der Waals surface area contributed by atoms with Crippen LogP contribution in [-0.2, 0) is 19.9 Å². The van der Waals surface area contributed by atoms with Gasteiger partial charge in [-0.1, -0.05) is 30.3 Å². The Morgan fingerprint density at radius 1 is 1.03 bits per heavy atom. The molecule has 3 rings (SSSR count). The summed E-state index contributed by atoms with van der Waals surface area (Å²) in [5.74, 6) is -0.917. The van der Waals surface area contributed by atoms with Crippen molar-refractivity contribution in [1.82, 2.24) is 20.7 Å². The predicted octanol–water partition coefficient (Wildman–Crippen LogP) is 1.06. The van der Waals surface area contributed by atoms with E-state index in [1.54, 1.807) is 62.5 Å². The summed E-state index contributed by atoms with van der Waals surface area (Å²) in [6.45, 7) is 1.31. The van der Waals surface area contributed by atoms with E-state index in [-0.39, 0.29) is 19.0 Å². The monoisotopic (exact) mass is 439 g/mol. The molecule has 1 fully saturated rings. The highest BCUT2D eigenvalue weighted by atomic mass is 16.5. The number of amides is 5. The van der Waals surface area contributed by atoms with Gasteiger partial charge in [-0.05, 0) is 43.8 Å². The van der Waals surface area contributed by atoms with Gasteiger partial charge in [-0.3, -0.25) is 24.7 Å². The van der Waals surface area contributed by atoms with Gasteiger partial charge in [0.15, 0.2) is 0 Å². The van der Waals surface area contributed by atoms with Crippen LogP contribution in [0.2, 0.25) is 0 Å². The number of carbonyl (C=O) groups is 4. The van der Waals surface area contributed by atoms with Crippen molar-refractivity contribution in [3.8, 4) is 5.75 Å². The predicted molar refractivity (Wildman–Crippen MR) is 116 cm³/mol. The number of rotatable bonds is 8. The number of anilines is 1. The first-order valence-corrected chi connectivity index (χ1v) is 9.87. The molecule has 1 atom stereocenters. The van der Waals surface area contributed by atoms with E-state index < -0.39 is 23.4 Å². The molecule has 10 nitrogen and oxygen atoms in total. The van der Waals surface area contributed by atoms with Crippen LogP contribution in [-0.4, -0.2) is 60.9 Å². The van der Waals surface area contributed by atoms with Crippen LogP contribution in [0.5, 0.6) is 5.75 Å². The smallest absolute Gasteiger partial charge is 0.344 e. The first kappa shape index (κ1) is 22.8. The zero-order chi connectivity index (χ0) is 23.3. The van der Waals surface area contributed by atoms with E-state index in [9.17, 15) is 19.2 Å². The minimum Gasteiger partial charge on any atom is -0.497 e. The maximum atomic E-state index is 12.9. The lowest BCUT2D eigenvalue weighted by Gasteiger charge is -2.23. The summed E-state index contributed by atoms with van der Waals surface area (Å²) in [6, 6.07) is 14.9. The molecule has 1 aliphatic rings. The van der Waals surface area contributed by atoms with Crippen LogP contribution >= 0.6 is 0 Å². The Morgan fingerprint density at radius 2 is 1.66 bits per heavy atom. The van der Waals surface area contributed by atoms with E-state index in [1.165, 1.54) is 12.0 Å². The molecule has 1 aliphatic heterocycles. The molecular weight excluding hydrogens is 414 g/mol. The van der Waals surface area contributed by atoms with Crippen molar-refractivity contribution in [3.63, 3.8) is 0 Å². The van der Waals surface area contributed by atoms with Crippen molar-refractivity contribution in [1.29, 1.82) is 0 Å². The van der Waals surface area contributed by atoms with Crippen molar-refractivity contribution < 1.29 is 23.9 Å². The zero-order valence-corrected chi connectivity index (χ0v) is 18.0. The van der Waals surface area contributed by atoms with Gasteiger partial charge in [-0.25, -0.2) is 4.79 Å². The molecular formula is C22H25N5O5. The molecule has 0 spiro atoms. The number of imide groups is 1. The summed E-state index contributed by atoms with van der Waals surface area (Å²) in [7, 11) is 3.11. The van der Waals surface area contributed by atoms with Gasteiger partial charge in [0.2, 0.25) is 5.91 Å². The molecule has 32 heavy (non-hydrogen) atoms. The second-order valence-electron chi connectivity index (χ2n) is 7.55. The standard InChI is InChI=1S/C22H25N5O5/c1-22(15-9-11-17(32-3)12-10-15)20(30)27(21(31)24-22)25-19(29)14-26(2)13-18(28)23-16-7-5-4-6-8-16/h4-12H,13-14H2,1-3H3,(H,23,28)(H,24,31)(H,25,29). The molecule has 0 aromatic heterocycles. The van der Waals surface area contributed by atoms with E-state index >= 15 is 0 Å². The van der Waals surface area contributed by atoms with E-state index in [1.807, 2.05) is 6.07 Å². The number of methoxy groups -OCH3 is 1. The van der Waals surface area contributed by atoms with Crippen LogP contribution in [0.1, 0.15) is 12.5 Å². The third-order valence-corrected chi connectivity index (χ3v) is 4.98. The Bertz CT molecular complexity index is 1010. The Morgan fingerprint density at radius 3 is 2.28 bits per heavy atom. The second kappa shape index (κ2) is 9.48. The molecule has 1 heterocycles. The van der Waals surface area contributed by atoms with Gasteiger partial charge in [0.25, 0.3) is 11.8 Å². The number of para-hydroxylation sites is 1. The minimum absolute atomic E-state index is 0.0496. The van der Waals surface area contributed by atoms with E-state index in [0.717, 1.165) is 0 Å². The van der Waals surface area contributed by atoms with Crippen molar-refractivity contribution in [2.24, 2.45) is 0 Å². The minimum atomic E-state index is -1.34. The summed E-state index contributed by atoms with van der Waals surface area (Å²) in [4.78, 5) is 51.3. The van der Waals surface area contributed by atoms with Crippen molar-refractivity contribution in [3.05, 3.63) is 60.2 Å². The number of carbonyl (C=O) groups excluding carboxylic acids is 4. The van der Waals surface area contributed by atoms with Crippen LogP contribution in [0, 0.1) is 0 Å². The molecule has 2 aromatic carbocycles. The molecule has 0 saturated carbocycles. The molecule has 1 saturated heterocycles. The topological polar surface area (TPSA) is 120 Å². The maximum Gasteiger partial charge on any atom is 0.344 e. The molecule has 2 aromatic rings. The number of hydrogen-bond donors (Lipinski definition) is 3. The van der Waals surface area contributed by atoms with Gasteiger partial charge in [-0.15, -0.1) is 0 Å². The quantitative estimate of drug-likeness (QED) is 0.529. The Labute approximate surface area is 185 Å². The van der Waals surface area contributed by atoms with Gasteiger partial charge in [0.1, 0.15) is 11.3 Å². The summed E-state index contributed by atoms with van der Waals surface area (Å²) in [6.07, 6.45) is 0. The maximum absolute atomic E-state index is 12.9. The molecule has 0 aliphatic carbocycles. The molecule has 3 N–H and O–H groups in total. The Balaban J connectivity index is 1.56. The molecule has 0 radical (unpaired) electrons. The molecule has 0 bridgehead atoms. The van der Waals surface area contributed by atoms with Gasteiger partial charge in [-0.2, -0.15) is 5.01 Å². The molecule has 1 unspecified atom stereocenters. The number of urea groups is 1. The van der Waals surface area contributed by atoms with Crippen LogP contribution in [0.3, 0.4) is 0 Å². The lowest BCUT2D eigenvalue weighted by atomic mass is 9.92. The largest absolute Gasteiger partial charge is 0.497 e. The number of hydrogen-bond acceptors (Lipinski definition) is 6. The third-order valence-electron chi connectivity index (χ3n) is 4.98. The molecule has 5 amide bonds. The van der Waals surface area contributed by atoms with Crippen LogP contribution in [0.15, 0.2) is 54.6 Å². The Kier molecular flexibility index (Phi) is 6.74. The van der Waals surface area contributed by atoms with Crippen molar-refractivity contribution >= 4 is 29.4 Å². The number of benzene rings is 2. The Hall–Kier alpha value is -3.92. The first-order valence-electron chi connectivity index (χ1n) is 9.87. The number of nitrogens with one attached hydrogen (secondary N) is 3. The fourth-order valence-electron chi connectivity index (χ4n) is 3.29. The van der Waals surface area contributed by atoms with Crippen LogP contribution in [0.4, 0.5) is 10.5 Å². The average Bonchev–Trinajstić information content (AvgIpc) is 2.98. The summed E-state index contributed by atoms with van der Waals surface area (Å²) >= 11 is 0. The van der Waals surface area contributed by atoms with Crippen molar-refractivity contribution in [2.45, 2.75) is 12.5 Å². The highest BCUT2D eigenvalue weighted by Crippen LogP contribution is 2.29. The normalized spacial score (nSPS) is 17.8. The summed E-state index contributed by atoms with van der Waals surface area (Å²) in [5.41, 5.74) is 2.17. The van der Waals surface area contributed by atoms with Gasteiger partial charge in [0, 0.05) is 5.69 Å². The lowest BCUT2D eigenvalue weighted by Crippen LogP contribution is -2.50. The fraction of sp³-hybridized carbons (Fsp3) is 0.273. The lowest BCUT2D eigenvalue weighted by molar-refractivity contribution is -0.139. The second-order valence-corrected chi connectivity index (χ2v) is 7.55. The summed E-state index contributed by atoms with van der Waals surface area (Å²) in [5, 5.41) is 5.98. The van der Waals surface area contributed by atoms with Gasteiger partial charge >= 0.3 is 6.03 Å². The highest BCUT2D eigenvalue weighted by molar-refractivity contribution is 6.08. The van der Waals surface area contributed by atoms with Gasteiger partial charge < -0.3 is 15.4 Å². The van der Waals surface area contributed by atoms with E-state index in [4.69, 9.17) is 4.74 Å². The van der Waals surface area contributed by atoms with E-state index in [2.05, 4.69) is 16.1 Å². The zero-order valence-electron chi connectivity index (χ0n) is 18.0. The van der Waals surface area contributed by atoms with Crippen molar-refractivity contribution in [2.75, 3.05) is 32.6 Å². The number of nitrogens with zero attached hydrogens (tertiary/aromatic N) is 2. The van der Waals surface area contributed by atoms with E-state index in [0.29, 0.717) is 22.0 Å². The number of hydrazine groups is 1. The number of likely N-dealkylation sites (N-methyl/N-ethyl adjacent to an activating group) is 1. The highest BCUT2D eigenvalue weighted by Gasteiger charge is 2.50. The van der Waals surface area contributed by atoms with Crippen LogP contribution in [0.25, 0.3) is 0 Å². The van der Waals surface area contributed by atoms with Gasteiger partial charge in [0.05, 0.1) is 20.2 Å².